The molecule has 4 aromatic rings. The molecule has 1 atom stereocenters. The molecule has 0 unspecified atom stereocenters. The van der Waals surface area contributed by atoms with Gasteiger partial charge in [0, 0.05) is 16.8 Å². The molecule has 4 aromatic carbocycles. The number of hydrogen-bond donors (Lipinski definition) is 3. The summed E-state index contributed by atoms with van der Waals surface area (Å²) in [5.41, 5.74) is 6.07. The predicted molar refractivity (Wildman–Crippen MR) is 189 cm³/mol. The number of thiocarbonyl (C=S) groups is 1. The molecule has 12 heteroatoms. The standard InChI is InChI=1S/C37H36N4O7S/c1-4-45-35(43)26-16-14-24(15-17-26)21-47-31-19-18-25-10-6-7-11-27(25)29(31)20-38-41-32(42)22-48-30-13-9-8-12-28(30)34-33(36(44)46-5-2)23(3)39-37(49)40-34/h6-20,34H,4-5,21-22H2,1-3H3,(H,41,42)(H2,39,40,49)/t34-/m0/s1. The average Bonchev–Trinajstić information content (AvgIpc) is 3.10. The Morgan fingerprint density at radius 1 is 0.857 bits per heavy atom. The zero-order chi connectivity index (χ0) is 34.8. The Morgan fingerprint density at radius 2 is 1.57 bits per heavy atom. The van der Waals surface area contributed by atoms with Crippen molar-refractivity contribution in [2.75, 3.05) is 19.8 Å². The van der Waals surface area contributed by atoms with E-state index in [-0.39, 0.29) is 25.8 Å². The van der Waals surface area contributed by atoms with Crippen molar-refractivity contribution in [1.29, 1.82) is 0 Å². The van der Waals surface area contributed by atoms with Crippen LogP contribution in [0.15, 0.2) is 101 Å². The van der Waals surface area contributed by atoms with Gasteiger partial charge in [0.1, 0.15) is 18.1 Å². The molecule has 252 valence electrons. The van der Waals surface area contributed by atoms with Gasteiger partial charge in [0.15, 0.2) is 11.7 Å². The van der Waals surface area contributed by atoms with Gasteiger partial charge in [-0.15, -0.1) is 0 Å². The normalized spacial score (nSPS) is 14.2. The average molecular weight is 681 g/mol. The summed E-state index contributed by atoms with van der Waals surface area (Å²) in [7, 11) is 0. The minimum absolute atomic E-state index is 0.213. The minimum Gasteiger partial charge on any atom is -0.488 e. The second-order valence-electron chi connectivity index (χ2n) is 10.8. The van der Waals surface area contributed by atoms with Gasteiger partial charge < -0.3 is 29.6 Å². The number of ether oxygens (including phenoxy) is 4. The summed E-state index contributed by atoms with van der Waals surface area (Å²) < 4.78 is 22.4. The van der Waals surface area contributed by atoms with Crippen LogP contribution in [-0.2, 0) is 25.7 Å². The van der Waals surface area contributed by atoms with Crippen molar-refractivity contribution in [3.05, 3.63) is 118 Å². The first-order chi connectivity index (χ1) is 23.8. The number of allylic oxidation sites excluding steroid dienone is 1. The second-order valence-corrected chi connectivity index (χ2v) is 11.2. The first kappa shape index (κ1) is 34.6. The lowest BCUT2D eigenvalue weighted by molar-refractivity contribution is -0.139. The fourth-order valence-electron chi connectivity index (χ4n) is 5.25. The van der Waals surface area contributed by atoms with E-state index < -0.39 is 17.9 Å². The van der Waals surface area contributed by atoms with E-state index in [1.165, 1.54) is 6.21 Å². The van der Waals surface area contributed by atoms with Crippen LogP contribution in [0.1, 0.15) is 53.9 Å². The molecule has 0 bridgehead atoms. The number of hydrogen-bond acceptors (Lipinski definition) is 9. The van der Waals surface area contributed by atoms with E-state index in [9.17, 15) is 14.4 Å². The molecule has 5 rings (SSSR count). The number of esters is 2. The molecule has 0 aromatic heterocycles. The highest BCUT2D eigenvalue weighted by atomic mass is 32.1. The molecule has 0 saturated heterocycles. The molecule has 3 N–H and O–H groups in total. The van der Waals surface area contributed by atoms with Crippen molar-refractivity contribution >= 4 is 52.2 Å². The minimum atomic E-state index is -0.648. The molecular weight excluding hydrogens is 644 g/mol. The van der Waals surface area contributed by atoms with E-state index in [2.05, 4.69) is 21.2 Å². The summed E-state index contributed by atoms with van der Waals surface area (Å²) >= 11 is 5.35. The van der Waals surface area contributed by atoms with Crippen molar-refractivity contribution in [3.8, 4) is 11.5 Å². The van der Waals surface area contributed by atoms with Gasteiger partial charge in [-0.3, -0.25) is 4.79 Å². The molecule has 0 saturated carbocycles. The number of nitrogens with zero attached hydrogens (tertiary/aromatic N) is 1. The predicted octanol–water partition coefficient (Wildman–Crippen LogP) is 5.48. The van der Waals surface area contributed by atoms with E-state index in [0.29, 0.717) is 51.2 Å². The zero-order valence-corrected chi connectivity index (χ0v) is 28.1. The summed E-state index contributed by atoms with van der Waals surface area (Å²) in [6.45, 7) is 5.66. The Bertz CT molecular complexity index is 1920. The Morgan fingerprint density at radius 3 is 2.35 bits per heavy atom. The molecule has 1 aliphatic heterocycles. The smallest absolute Gasteiger partial charge is 0.338 e. The summed E-state index contributed by atoms with van der Waals surface area (Å²) in [5.74, 6) is -0.416. The number of para-hydroxylation sites is 1. The van der Waals surface area contributed by atoms with Crippen LogP contribution in [0.25, 0.3) is 10.8 Å². The van der Waals surface area contributed by atoms with Crippen LogP contribution in [0.5, 0.6) is 11.5 Å². The van der Waals surface area contributed by atoms with Gasteiger partial charge >= 0.3 is 11.9 Å². The maximum Gasteiger partial charge on any atom is 0.338 e. The first-order valence-electron chi connectivity index (χ1n) is 15.7. The SMILES string of the molecule is CCOC(=O)C1=C(C)NC(=S)N[C@H]1c1ccccc1OCC(=O)NN=Cc1c(OCc2ccc(C(=O)OCC)cc2)ccc2ccccc12. The number of hydrazone groups is 1. The van der Waals surface area contributed by atoms with Crippen LogP contribution in [0.2, 0.25) is 0 Å². The van der Waals surface area contributed by atoms with Crippen LogP contribution in [0.3, 0.4) is 0 Å². The van der Waals surface area contributed by atoms with Crippen LogP contribution in [-0.4, -0.2) is 49.0 Å². The van der Waals surface area contributed by atoms with Crippen molar-refractivity contribution in [2.45, 2.75) is 33.4 Å². The third-order valence-corrected chi connectivity index (χ3v) is 7.75. The first-order valence-corrected chi connectivity index (χ1v) is 16.1. The number of benzene rings is 4. The van der Waals surface area contributed by atoms with E-state index >= 15 is 0 Å². The van der Waals surface area contributed by atoms with Gasteiger partial charge in [-0.05, 0) is 73.6 Å². The highest BCUT2D eigenvalue weighted by molar-refractivity contribution is 7.80. The molecule has 11 nitrogen and oxygen atoms in total. The van der Waals surface area contributed by atoms with Gasteiger partial charge in [-0.2, -0.15) is 5.10 Å². The third kappa shape index (κ3) is 8.59. The maximum atomic E-state index is 12.9. The van der Waals surface area contributed by atoms with Crippen molar-refractivity contribution in [3.63, 3.8) is 0 Å². The monoisotopic (exact) mass is 680 g/mol. The molecule has 0 aliphatic carbocycles. The van der Waals surface area contributed by atoms with E-state index in [1.807, 2.05) is 48.5 Å². The molecule has 0 fully saturated rings. The number of carbonyl (C=O) groups excluding carboxylic acids is 3. The zero-order valence-electron chi connectivity index (χ0n) is 27.3. The van der Waals surface area contributed by atoms with Crippen LogP contribution >= 0.6 is 12.2 Å². The molecular formula is C37H36N4O7S. The summed E-state index contributed by atoms with van der Waals surface area (Å²) in [5, 5.41) is 12.5. The maximum absolute atomic E-state index is 12.9. The Labute approximate surface area is 289 Å². The van der Waals surface area contributed by atoms with Gasteiger partial charge in [0.05, 0.1) is 36.6 Å². The number of fused-ring (bicyclic) bond motifs is 1. The van der Waals surface area contributed by atoms with Crippen LogP contribution in [0.4, 0.5) is 0 Å². The van der Waals surface area contributed by atoms with Crippen molar-refractivity contribution in [2.24, 2.45) is 5.10 Å². The highest BCUT2D eigenvalue weighted by Crippen LogP contribution is 2.34. The lowest BCUT2D eigenvalue weighted by Gasteiger charge is -2.30. The number of carbonyl (C=O) groups is 3. The van der Waals surface area contributed by atoms with E-state index in [1.54, 1.807) is 57.2 Å². The molecule has 49 heavy (non-hydrogen) atoms. The van der Waals surface area contributed by atoms with Gasteiger partial charge in [-0.25, -0.2) is 15.0 Å². The molecule has 1 aliphatic rings. The molecule has 0 spiro atoms. The van der Waals surface area contributed by atoms with Crippen molar-refractivity contribution < 1.29 is 33.3 Å². The third-order valence-electron chi connectivity index (χ3n) is 7.53. The van der Waals surface area contributed by atoms with Gasteiger partial charge in [-0.1, -0.05) is 60.7 Å². The van der Waals surface area contributed by atoms with Crippen molar-refractivity contribution in [1.82, 2.24) is 16.1 Å². The summed E-state index contributed by atoms with van der Waals surface area (Å²) in [4.78, 5) is 37.7. The summed E-state index contributed by atoms with van der Waals surface area (Å²) in [6, 6.07) is 25.0. The van der Waals surface area contributed by atoms with Crippen LogP contribution in [0, 0.1) is 0 Å². The summed E-state index contributed by atoms with van der Waals surface area (Å²) in [6.07, 6.45) is 1.53. The van der Waals surface area contributed by atoms with E-state index in [0.717, 1.165) is 16.3 Å². The fourth-order valence-corrected chi connectivity index (χ4v) is 5.52. The molecule has 1 amide bonds. The Hall–Kier alpha value is -5.75. The van der Waals surface area contributed by atoms with Gasteiger partial charge in [0.25, 0.3) is 5.91 Å². The topological polar surface area (TPSA) is 137 Å². The van der Waals surface area contributed by atoms with Gasteiger partial charge in [0.2, 0.25) is 0 Å². The molecule has 0 radical (unpaired) electrons. The fraction of sp³-hybridized carbons (Fsp3) is 0.216. The quantitative estimate of drug-likeness (QED) is 0.0721. The highest BCUT2D eigenvalue weighted by Gasteiger charge is 2.32. The Kier molecular flexibility index (Phi) is 11.6. The number of rotatable bonds is 13. The molecule has 1 heterocycles. The lowest BCUT2D eigenvalue weighted by Crippen LogP contribution is -2.45. The van der Waals surface area contributed by atoms with Crippen LogP contribution < -0.4 is 25.5 Å². The Balaban J connectivity index is 1.27. The largest absolute Gasteiger partial charge is 0.488 e. The lowest BCUT2D eigenvalue weighted by atomic mass is 9.95. The second kappa shape index (κ2) is 16.4. The van der Waals surface area contributed by atoms with E-state index in [4.69, 9.17) is 31.2 Å². The number of nitrogens with one attached hydrogen (secondary N) is 3. The number of amides is 1.